The minimum atomic E-state index is -0.346. The van der Waals surface area contributed by atoms with Crippen LogP contribution in [0.25, 0.3) is 0 Å². The lowest BCUT2D eigenvalue weighted by atomic mass is 10.2. The molecule has 2 N–H and O–H groups in total. The first-order chi connectivity index (χ1) is 10.9. The number of thioether (sulfide) groups is 1. The van der Waals surface area contributed by atoms with Crippen LogP contribution in [0.3, 0.4) is 0 Å². The second-order valence-electron chi connectivity index (χ2n) is 5.71. The largest absolute Gasteiger partial charge is 0.491 e. The summed E-state index contributed by atoms with van der Waals surface area (Å²) >= 11 is 1.80. The Balaban J connectivity index is 2.71. The third kappa shape index (κ3) is 7.12. The van der Waals surface area contributed by atoms with Crippen molar-refractivity contribution >= 4 is 17.7 Å². The number of nitrogens with zero attached hydrogens (tertiary/aromatic N) is 1. The van der Waals surface area contributed by atoms with Crippen molar-refractivity contribution in [1.29, 1.82) is 0 Å². The molecule has 1 aromatic rings. The van der Waals surface area contributed by atoms with E-state index in [4.69, 9.17) is 4.74 Å². The Bertz CT molecular complexity index is 521. The fraction of sp³-hybridized carbons (Fsp3) is 0.588. The molecule has 0 saturated heterocycles. The van der Waals surface area contributed by atoms with Gasteiger partial charge in [-0.1, -0.05) is 6.07 Å². The fourth-order valence-electron chi connectivity index (χ4n) is 1.80. The highest BCUT2D eigenvalue weighted by Crippen LogP contribution is 2.20. The van der Waals surface area contributed by atoms with Gasteiger partial charge in [0, 0.05) is 17.8 Å². The van der Waals surface area contributed by atoms with Gasteiger partial charge in [-0.15, -0.1) is 0 Å². The van der Waals surface area contributed by atoms with Crippen LogP contribution in [-0.4, -0.2) is 36.7 Å². The molecule has 0 radical (unpaired) electrons. The highest BCUT2D eigenvalue weighted by Gasteiger charge is 2.16. The molecular formula is C17H28FN3OS. The van der Waals surface area contributed by atoms with Crippen molar-refractivity contribution in [3.8, 4) is 5.75 Å². The predicted molar refractivity (Wildman–Crippen MR) is 98.0 cm³/mol. The average Bonchev–Trinajstić information content (AvgIpc) is 2.52. The number of aliphatic imine (C=N–C) groups is 1. The molecule has 0 aliphatic heterocycles. The molecule has 1 rings (SSSR count). The average molecular weight is 341 g/mol. The zero-order valence-corrected chi connectivity index (χ0v) is 15.5. The summed E-state index contributed by atoms with van der Waals surface area (Å²) in [6.45, 7) is 10.7. The maximum Gasteiger partial charge on any atom is 0.191 e. The Kier molecular flexibility index (Phi) is 8.23. The molecule has 23 heavy (non-hydrogen) atoms. The molecule has 0 heterocycles. The normalized spacial score (nSPS) is 12.2. The maximum atomic E-state index is 13.9. The van der Waals surface area contributed by atoms with Gasteiger partial charge in [-0.05, 0) is 51.6 Å². The lowest BCUT2D eigenvalue weighted by molar-refractivity contribution is 0.321. The number of benzene rings is 1. The minimum absolute atomic E-state index is 0.126. The lowest BCUT2D eigenvalue weighted by Gasteiger charge is -2.23. The van der Waals surface area contributed by atoms with E-state index < -0.39 is 0 Å². The van der Waals surface area contributed by atoms with Crippen molar-refractivity contribution in [2.45, 2.75) is 39.0 Å². The lowest BCUT2D eigenvalue weighted by Crippen LogP contribution is -2.43. The van der Waals surface area contributed by atoms with Gasteiger partial charge < -0.3 is 15.4 Å². The van der Waals surface area contributed by atoms with Crippen LogP contribution in [0.5, 0.6) is 5.75 Å². The van der Waals surface area contributed by atoms with E-state index in [2.05, 4.69) is 35.7 Å². The summed E-state index contributed by atoms with van der Waals surface area (Å²) < 4.78 is 19.2. The van der Waals surface area contributed by atoms with Gasteiger partial charge in [0.05, 0.1) is 13.2 Å². The SMILES string of the molecule is CCNC(=NCc1ccc(OCC)c(F)c1)NCC(C)(C)SC. The van der Waals surface area contributed by atoms with Crippen LogP contribution in [0.2, 0.25) is 0 Å². The van der Waals surface area contributed by atoms with Crippen LogP contribution in [0, 0.1) is 5.82 Å². The maximum absolute atomic E-state index is 13.9. The highest BCUT2D eigenvalue weighted by molar-refractivity contribution is 7.99. The van der Waals surface area contributed by atoms with E-state index in [0.29, 0.717) is 13.2 Å². The topological polar surface area (TPSA) is 45.7 Å². The van der Waals surface area contributed by atoms with E-state index in [0.717, 1.165) is 24.6 Å². The first kappa shape index (κ1) is 19.6. The van der Waals surface area contributed by atoms with E-state index in [9.17, 15) is 4.39 Å². The first-order valence-electron chi connectivity index (χ1n) is 7.90. The molecule has 0 spiro atoms. The van der Waals surface area contributed by atoms with E-state index >= 15 is 0 Å². The van der Waals surface area contributed by atoms with Gasteiger partial charge in [-0.3, -0.25) is 0 Å². The van der Waals surface area contributed by atoms with Gasteiger partial charge in [0.15, 0.2) is 17.5 Å². The summed E-state index contributed by atoms with van der Waals surface area (Å²) in [5, 5.41) is 6.54. The van der Waals surface area contributed by atoms with Gasteiger partial charge in [-0.2, -0.15) is 11.8 Å². The van der Waals surface area contributed by atoms with Crippen LogP contribution in [0.15, 0.2) is 23.2 Å². The summed E-state index contributed by atoms with van der Waals surface area (Å²) in [6, 6.07) is 4.97. The highest BCUT2D eigenvalue weighted by atomic mass is 32.2. The number of halogens is 1. The summed E-state index contributed by atoms with van der Waals surface area (Å²) in [4.78, 5) is 4.52. The monoisotopic (exact) mass is 341 g/mol. The van der Waals surface area contributed by atoms with Crippen molar-refractivity contribution in [2.24, 2.45) is 4.99 Å². The third-order valence-corrected chi connectivity index (χ3v) is 4.54. The summed E-state index contributed by atoms with van der Waals surface area (Å²) in [5.41, 5.74) is 0.812. The van der Waals surface area contributed by atoms with Gasteiger partial charge in [0.25, 0.3) is 0 Å². The van der Waals surface area contributed by atoms with E-state index in [1.807, 2.05) is 19.9 Å². The van der Waals surface area contributed by atoms with Crippen LogP contribution < -0.4 is 15.4 Å². The molecule has 130 valence electrons. The van der Waals surface area contributed by atoms with Crippen molar-refractivity contribution in [3.05, 3.63) is 29.6 Å². The molecule has 0 bridgehead atoms. The Labute approximate surface area is 143 Å². The van der Waals surface area contributed by atoms with Crippen LogP contribution in [-0.2, 0) is 6.54 Å². The first-order valence-corrected chi connectivity index (χ1v) is 9.13. The van der Waals surface area contributed by atoms with Crippen molar-refractivity contribution < 1.29 is 9.13 Å². The Morgan fingerprint density at radius 1 is 1.30 bits per heavy atom. The van der Waals surface area contributed by atoms with Crippen LogP contribution in [0.1, 0.15) is 33.3 Å². The Morgan fingerprint density at radius 3 is 2.61 bits per heavy atom. The fourth-order valence-corrected chi connectivity index (χ4v) is 2.01. The molecule has 1 aromatic carbocycles. The standard InChI is InChI=1S/C17H28FN3OS/c1-6-19-16(21-12-17(3,4)23-5)20-11-13-8-9-15(22-7-2)14(18)10-13/h8-10H,6-7,11-12H2,1-5H3,(H2,19,20,21). The number of hydrogen-bond acceptors (Lipinski definition) is 3. The van der Waals surface area contributed by atoms with Crippen molar-refractivity contribution in [3.63, 3.8) is 0 Å². The van der Waals surface area contributed by atoms with Crippen LogP contribution >= 0.6 is 11.8 Å². The minimum Gasteiger partial charge on any atom is -0.491 e. The molecule has 6 heteroatoms. The number of guanidine groups is 1. The smallest absolute Gasteiger partial charge is 0.191 e. The van der Waals surface area contributed by atoms with Gasteiger partial charge in [0.1, 0.15) is 0 Å². The summed E-state index contributed by atoms with van der Waals surface area (Å²) in [6.07, 6.45) is 2.09. The Hall–Kier alpha value is -1.43. The molecule has 4 nitrogen and oxygen atoms in total. The predicted octanol–water partition coefficient (Wildman–Crippen LogP) is 3.42. The summed E-state index contributed by atoms with van der Waals surface area (Å²) in [7, 11) is 0. The van der Waals surface area contributed by atoms with E-state index in [1.54, 1.807) is 17.8 Å². The zero-order chi connectivity index (χ0) is 17.3. The molecule has 0 saturated carbocycles. The van der Waals surface area contributed by atoms with E-state index in [1.165, 1.54) is 6.07 Å². The van der Waals surface area contributed by atoms with Crippen molar-refractivity contribution in [1.82, 2.24) is 10.6 Å². The zero-order valence-electron chi connectivity index (χ0n) is 14.7. The number of rotatable bonds is 8. The quantitative estimate of drug-likeness (QED) is 0.562. The number of ether oxygens (including phenoxy) is 1. The molecule has 0 unspecified atom stereocenters. The number of nitrogens with one attached hydrogen (secondary N) is 2. The third-order valence-electron chi connectivity index (χ3n) is 3.29. The van der Waals surface area contributed by atoms with Crippen molar-refractivity contribution in [2.75, 3.05) is 26.0 Å². The molecule has 0 fully saturated rings. The van der Waals surface area contributed by atoms with Gasteiger partial charge in [0.2, 0.25) is 0 Å². The Morgan fingerprint density at radius 2 is 2.04 bits per heavy atom. The molecule has 0 aliphatic rings. The van der Waals surface area contributed by atoms with E-state index in [-0.39, 0.29) is 16.3 Å². The molecule has 0 aliphatic carbocycles. The molecule has 0 aromatic heterocycles. The second kappa shape index (κ2) is 9.65. The second-order valence-corrected chi connectivity index (χ2v) is 7.22. The molecule has 0 amide bonds. The molecular weight excluding hydrogens is 313 g/mol. The van der Waals surface area contributed by atoms with Gasteiger partial charge in [-0.25, -0.2) is 9.38 Å². The number of hydrogen-bond donors (Lipinski definition) is 2. The van der Waals surface area contributed by atoms with Gasteiger partial charge >= 0.3 is 0 Å². The van der Waals surface area contributed by atoms with Crippen LogP contribution in [0.4, 0.5) is 4.39 Å². The summed E-state index contributed by atoms with van der Waals surface area (Å²) in [5.74, 6) is 0.678. The molecule has 0 atom stereocenters.